The molecule has 0 saturated carbocycles. The molecule has 3 aromatic rings. The largest absolute Gasteiger partial charge is 0.494 e. The van der Waals surface area contributed by atoms with Gasteiger partial charge in [-0.3, -0.25) is 0 Å². The molecule has 0 unspecified atom stereocenters. The van der Waals surface area contributed by atoms with E-state index in [1.54, 1.807) is 0 Å². The highest BCUT2D eigenvalue weighted by Crippen LogP contribution is 2.23. The first-order valence-electron chi connectivity index (χ1n) is 8.85. The number of nitrogens with one attached hydrogen (secondary N) is 2. The average Bonchev–Trinajstić information content (AvgIpc) is 3.07. The normalized spacial score (nSPS) is 13.2. The number of ether oxygens (including phenoxy) is 1. The molecule has 0 aliphatic rings. The van der Waals surface area contributed by atoms with Crippen LogP contribution in [0, 0.1) is 0 Å². The molecule has 0 spiro atoms. The summed E-state index contributed by atoms with van der Waals surface area (Å²) in [7, 11) is 0. The Kier molecular flexibility index (Phi) is 5.46. The number of amides is 2. The first kappa shape index (κ1) is 17.9. The van der Waals surface area contributed by atoms with E-state index in [0.29, 0.717) is 6.61 Å². The van der Waals surface area contributed by atoms with E-state index >= 15 is 0 Å². The minimum atomic E-state index is -0.237. The Labute approximate surface area is 153 Å². The molecule has 0 saturated heterocycles. The zero-order valence-corrected chi connectivity index (χ0v) is 15.3. The Morgan fingerprint density at radius 2 is 1.73 bits per heavy atom. The minimum absolute atomic E-state index is 0.117. The third-order valence-corrected chi connectivity index (χ3v) is 4.26. The summed E-state index contributed by atoms with van der Waals surface area (Å²) in [6, 6.07) is 16.9. The minimum Gasteiger partial charge on any atom is -0.494 e. The molecule has 0 aliphatic heterocycles. The molecule has 0 radical (unpaired) electrons. The van der Waals surface area contributed by atoms with Crippen molar-refractivity contribution in [2.75, 3.05) is 6.61 Å². The molecular weight excluding hydrogens is 328 g/mol. The van der Waals surface area contributed by atoms with Gasteiger partial charge >= 0.3 is 6.03 Å². The predicted octanol–water partition coefficient (Wildman–Crippen LogP) is 4.95. The molecule has 1 heterocycles. The van der Waals surface area contributed by atoms with Crippen LogP contribution < -0.4 is 15.4 Å². The van der Waals surface area contributed by atoms with E-state index in [4.69, 9.17) is 9.15 Å². The van der Waals surface area contributed by atoms with Gasteiger partial charge in [0.2, 0.25) is 0 Å². The molecule has 2 N–H and O–H groups in total. The fourth-order valence-electron chi connectivity index (χ4n) is 2.82. The van der Waals surface area contributed by atoms with Gasteiger partial charge in [-0.05, 0) is 50.6 Å². The van der Waals surface area contributed by atoms with Gasteiger partial charge in [-0.25, -0.2) is 4.79 Å². The number of carbonyl (C=O) groups excluding carboxylic acids is 1. The fourth-order valence-corrected chi connectivity index (χ4v) is 2.82. The van der Waals surface area contributed by atoms with Gasteiger partial charge in [-0.2, -0.15) is 0 Å². The number of para-hydroxylation sites is 1. The average molecular weight is 352 g/mol. The maximum absolute atomic E-state index is 12.3. The summed E-state index contributed by atoms with van der Waals surface area (Å²) in [5.41, 5.74) is 1.83. The Hall–Kier alpha value is -2.95. The molecule has 5 nitrogen and oxygen atoms in total. The second-order valence-electron chi connectivity index (χ2n) is 6.25. The van der Waals surface area contributed by atoms with Crippen LogP contribution in [0.15, 0.2) is 59.0 Å². The van der Waals surface area contributed by atoms with Crippen molar-refractivity contribution >= 4 is 17.0 Å². The van der Waals surface area contributed by atoms with Crippen molar-refractivity contribution in [3.05, 3.63) is 65.9 Å². The summed E-state index contributed by atoms with van der Waals surface area (Å²) in [5.74, 6) is 1.56. The molecule has 3 rings (SSSR count). The van der Waals surface area contributed by atoms with Crippen LogP contribution in [0.3, 0.4) is 0 Å². The molecule has 2 atom stereocenters. The monoisotopic (exact) mass is 352 g/mol. The molecule has 2 aromatic carbocycles. The van der Waals surface area contributed by atoms with Crippen molar-refractivity contribution in [3.63, 3.8) is 0 Å². The van der Waals surface area contributed by atoms with Gasteiger partial charge in [-0.15, -0.1) is 0 Å². The highest BCUT2D eigenvalue weighted by Gasteiger charge is 2.16. The van der Waals surface area contributed by atoms with E-state index in [0.717, 1.165) is 28.0 Å². The van der Waals surface area contributed by atoms with Crippen molar-refractivity contribution in [1.82, 2.24) is 10.6 Å². The molecule has 26 heavy (non-hydrogen) atoms. The number of rotatable bonds is 6. The number of hydrogen-bond donors (Lipinski definition) is 2. The Morgan fingerprint density at radius 3 is 2.42 bits per heavy atom. The standard InChI is InChI=1S/C21H24N2O3/c1-4-25-18-11-9-16(10-12-18)14(2)22-21(24)23-15(3)20-13-17-7-5-6-8-19(17)26-20/h5-15H,4H2,1-3H3,(H2,22,23,24)/t14-,15-/m1/s1. The summed E-state index contributed by atoms with van der Waals surface area (Å²) in [6.45, 7) is 6.43. The van der Waals surface area contributed by atoms with Crippen LogP contribution in [0.25, 0.3) is 11.0 Å². The van der Waals surface area contributed by atoms with E-state index in [2.05, 4.69) is 10.6 Å². The second-order valence-corrected chi connectivity index (χ2v) is 6.25. The lowest BCUT2D eigenvalue weighted by Gasteiger charge is -2.18. The van der Waals surface area contributed by atoms with Gasteiger partial charge in [0, 0.05) is 5.39 Å². The molecule has 1 aromatic heterocycles. The molecular formula is C21H24N2O3. The molecule has 0 fully saturated rings. The van der Waals surface area contributed by atoms with Crippen molar-refractivity contribution in [3.8, 4) is 5.75 Å². The number of furan rings is 1. The highest BCUT2D eigenvalue weighted by atomic mass is 16.5. The maximum Gasteiger partial charge on any atom is 0.315 e. The van der Waals surface area contributed by atoms with Crippen LogP contribution in [0.1, 0.15) is 44.2 Å². The van der Waals surface area contributed by atoms with Crippen LogP contribution in [-0.2, 0) is 0 Å². The van der Waals surface area contributed by atoms with E-state index in [1.165, 1.54) is 0 Å². The van der Waals surface area contributed by atoms with Crippen molar-refractivity contribution in [1.29, 1.82) is 0 Å². The van der Waals surface area contributed by atoms with E-state index in [9.17, 15) is 4.79 Å². The maximum atomic E-state index is 12.3. The van der Waals surface area contributed by atoms with Gasteiger partial charge in [0.25, 0.3) is 0 Å². The summed E-state index contributed by atoms with van der Waals surface area (Å²) in [5, 5.41) is 6.90. The number of hydrogen-bond acceptors (Lipinski definition) is 3. The summed E-state index contributed by atoms with van der Waals surface area (Å²) in [6.07, 6.45) is 0. The van der Waals surface area contributed by atoms with Crippen molar-refractivity contribution in [2.45, 2.75) is 32.9 Å². The molecule has 5 heteroatoms. The number of carbonyl (C=O) groups is 1. The number of benzene rings is 2. The quantitative estimate of drug-likeness (QED) is 0.659. The topological polar surface area (TPSA) is 63.5 Å². The lowest BCUT2D eigenvalue weighted by Crippen LogP contribution is -2.38. The first-order chi connectivity index (χ1) is 12.6. The van der Waals surface area contributed by atoms with E-state index in [-0.39, 0.29) is 18.1 Å². The van der Waals surface area contributed by atoms with Crippen molar-refractivity contribution in [2.24, 2.45) is 0 Å². The zero-order chi connectivity index (χ0) is 18.5. The summed E-state index contributed by atoms with van der Waals surface area (Å²) >= 11 is 0. The lowest BCUT2D eigenvalue weighted by atomic mass is 10.1. The number of fused-ring (bicyclic) bond motifs is 1. The van der Waals surface area contributed by atoms with Gasteiger partial charge < -0.3 is 19.8 Å². The molecule has 2 amide bonds. The Bertz CT molecular complexity index is 837. The molecule has 136 valence electrons. The Morgan fingerprint density at radius 1 is 1.04 bits per heavy atom. The van der Waals surface area contributed by atoms with E-state index < -0.39 is 0 Å². The van der Waals surface area contributed by atoms with Crippen LogP contribution in [0.5, 0.6) is 5.75 Å². The van der Waals surface area contributed by atoms with Gasteiger partial charge in [-0.1, -0.05) is 30.3 Å². The van der Waals surface area contributed by atoms with Crippen LogP contribution in [0.4, 0.5) is 4.79 Å². The summed E-state index contributed by atoms with van der Waals surface area (Å²) in [4.78, 5) is 12.3. The lowest BCUT2D eigenvalue weighted by molar-refractivity contribution is 0.233. The zero-order valence-electron chi connectivity index (χ0n) is 15.3. The molecule has 0 bridgehead atoms. The fraction of sp³-hybridized carbons (Fsp3) is 0.286. The predicted molar refractivity (Wildman–Crippen MR) is 102 cm³/mol. The van der Waals surface area contributed by atoms with Crippen LogP contribution in [0.2, 0.25) is 0 Å². The van der Waals surface area contributed by atoms with Gasteiger partial charge in [0.15, 0.2) is 0 Å². The second kappa shape index (κ2) is 7.95. The van der Waals surface area contributed by atoms with Gasteiger partial charge in [0.1, 0.15) is 17.1 Å². The third kappa shape index (κ3) is 4.17. The summed E-state index contributed by atoms with van der Waals surface area (Å²) < 4.78 is 11.2. The van der Waals surface area contributed by atoms with Crippen LogP contribution >= 0.6 is 0 Å². The Balaban J connectivity index is 1.58. The van der Waals surface area contributed by atoms with E-state index in [1.807, 2.05) is 75.4 Å². The van der Waals surface area contributed by atoms with Crippen molar-refractivity contribution < 1.29 is 13.9 Å². The molecule has 0 aliphatic carbocycles. The number of urea groups is 1. The first-order valence-corrected chi connectivity index (χ1v) is 8.85. The third-order valence-electron chi connectivity index (χ3n) is 4.26. The SMILES string of the molecule is CCOc1ccc([C@@H](C)NC(=O)N[C@H](C)c2cc3ccccc3o2)cc1. The highest BCUT2D eigenvalue weighted by molar-refractivity contribution is 5.78. The van der Waals surface area contributed by atoms with Crippen LogP contribution in [-0.4, -0.2) is 12.6 Å². The smallest absolute Gasteiger partial charge is 0.315 e. The van der Waals surface area contributed by atoms with Gasteiger partial charge in [0.05, 0.1) is 18.7 Å².